The quantitative estimate of drug-likeness (QED) is 0.0197. The predicted molar refractivity (Wildman–Crippen MR) is 243 cm³/mol. The summed E-state index contributed by atoms with van der Waals surface area (Å²) in [4.78, 5) is 25.4. The number of esters is 2. The third-order valence-electron chi connectivity index (χ3n) is 11.3. The van der Waals surface area contributed by atoms with Gasteiger partial charge in [-0.05, 0) is 38.5 Å². The lowest BCUT2D eigenvalue weighted by atomic mass is 10.00. The third-order valence-corrected chi connectivity index (χ3v) is 12.0. The molecule has 0 saturated carbocycles. The number of rotatable bonds is 41. The third kappa shape index (κ3) is 33.3. The second kappa shape index (κ2) is 38.6. The fraction of sp³-hybridized carbons (Fsp3) is 0.875. The van der Waals surface area contributed by atoms with Crippen molar-refractivity contribution >= 4 is 22.1 Å². The first-order chi connectivity index (χ1) is 29.5. The normalized spacial score (nSPS) is 20.1. The van der Waals surface area contributed by atoms with E-state index in [1.54, 1.807) is 0 Å². The molecule has 0 amide bonds. The molecule has 1 rings (SSSR count). The van der Waals surface area contributed by atoms with E-state index in [0.717, 1.165) is 70.6 Å². The van der Waals surface area contributed by atoms with Gasteiger partial charge in [-0.1, -0.05) is 186 Å². The van der Waals surface area contributed by atoms with Gasteiger partial charge < -0.3 is 34.3 Å². The van der Waals surface area contributed by atoms with Gasteiger partial charge in [-0.15, -0.1) is 0 Å². The maximum Gasteiger partial charge on any atom is 0.306 e. The smallest absolute Gasteiger partial charge is 0.306 e. The van der Waals surface area contributed by atoms with Crippen LogP contribution in [0.25, 0.3) is 0 Å². The highest BCUT2D eigenvalue weighted by atomic mass is 32.2. The molecule has 0 radical (unpaired) electrons. The summed E-state index contributed by atoms with van der Waals surface area (Å²) in [7, 11) is -4.60. The van der Waals surface area contributed by atoms with Gasteiger partial charge in [0.1, 0.15) is 36.8 Å². The monoisotopic (exact) mass is 889 g/mol. The number of carbonyl (C=O) groups excluding carboxylic acids is 2. The molecule has 0 aromatic heterocycles. The van der Waals surface area contributed by atoms with Crippen LogP contribution in [-0.4, -0.2) is 96.0 Å². The van der Waals surface area contributed by atoms with Crippen LogP contribution in [0.2, 0.25) is 0 Å². The summed E-state index contributed by atoms with van der Waals surface area (Å²) in [6.07, 6.45) is 33.7. The molecule has 1 heterocycles. The van der Waals surface area contributed by atoms with Crippen molar-refractivity contribution in [3.8, 4) is 0 Å². The van der Waals surface area contributed by atoms with Gasteiger partial charge in [0.15, 0.2) is 12.4 Å². The zero-order valence-electron chi connectivity index (χ0n) is 38.3. The van der Waals surface area contributed by atoms with E-state index in [1.165, 1.54) is 103 Å². The number of hydrogen-bond acceptors (Lipinski definition) is 11. The Balaban J connectivity index is 2.37. The van der Waals surface area contributed by atoms with Crippen molar-refractivity contribution in [2.24, 2.45) is 0 Å². The zero-order chi connectivity index (χ0) is 44.8. The number of aliphatic hydroxyl groups is 3. The number of carbonyl (C=O) groups is 2. The Bertz CT molecular complexity index is 1220. The predicted octanol–water partition coefficient (Wildman–Crippen LogP) is 10.4. The summed E-state index contributed by atoms with van der Waals surface area (Å²) in [6, 6.07) is 0. The van der Waals surface area contributed by atoms with Crippen molar-refractivity contribution in [3.63, 3.8) is 0 Å². The number of unbranched alkanes of at least 4 members (excludes halogenated alkanes) is 25. The summed E-state index contributed by atoms with van der Waals surface area (Å²) in [5.74, 6) is -1.99. The maximum atomic E-state index is 12.8. The van der Waals surface area contributed by atoms with E-state index in [9.17, 15) is 37.9 Å². The Hall–Kier alpha value is -1.87. The minimum Gasteiger partial charge on any atom is -0.462 e. The van der Waals surface area contributed by atoms with Crippen molar-refractivity contribution in [2.45, 2.75) is 250 Å². The molecule has 358 valence electrons. The van der Waals surface area contributed by atoms with Gasteiger partial charge in [0, 0.05) is 12.8 Å². The molecule has 1 aliphatic heterocycles. The molecule has 0 aromatic carbocycles. The van der Waals surface area contributed by atoms with E-state index >= 15 is 0 Å². The number of ether oxygens (including phenoxy) is 4. The first-order valence-electron chi connectivity index (χ1n) is 24.4. The van der Waals surface area contributed by atoms with Gasteiger partial charge >= 0.3 is 11.9 Å². The van der Waals surface area contributed by atoms with E-state index in [2.05, 4.69) is 38.2 Å². The molecule has 1 aliphatic rings. The molecule has 12 nitrogen and oxygen atoms in total. The standard InChI is InChI=1S/C48H88O12S/c1-3-5-7-9-11-13-15-17-18-19-20-21-22-23-25-26-28-30-32-34-36-43(49)57-38-41(39-58-48-47(53)46(52)45(51)42(60-48)40-61(54,55)56)59-44(50)37-35-33-31-29-27-24-16-14-12-10-8-6-4-2/h8,10,14,16,41-42,45-48,51-53H,3-7,9,11-13,15,17-40H2,1-2H3,(H,54,55,56)/b10-8-,16-14-. The zero-order valence-corrected chi connectivity index (χ0v) is 39.1. The molecule has 1 fully saturated rings. The van der Waals surface area contributed by atoms with Crippen LogP contribution in [0.4, 0.5) is 0 Å². The molecular formula is C48H88O12S. The van der Waals surface area contributed by atoms with E-state index in [0.29, 0.717) is 12.8 Å². The SMILES string of the molecule is CCC/C=C\C/C=C\CCCCCCCC(=O)OC(COC(=O)CCCCCCCCCCCCCCCCCCCCCC)COC1OC(CS(=O)(=O)O)C(O)C(O)C1O. The van der Waals surface area contributed by atoms with Crippen LogP contribution >= 0.6 is 0 Å². The van der Waals surface area contributed by atoms with Gasteiger partial charge in [0.2, 0.25) is 0 Å². The summed E-state index contributed by atoms with van der Waals surface area (Å²) in [6.45, 7) is 3.71. The van der Waals surface area contributed by atoms with Crippen molar-refractivity contribution < 1.29 is 56.8 Å². The van der Waals surface area contributed by atoms with Crippen molar-refractivity contribution in [2.75, 3.05) is 19.0 Å². The second-order valence-corrected chi connectivity index (χ2v) is 18.6. The average Bonchev–Trinajstić information content (AvgIpc) is 3.22. The minimum absolute atomic E-state index is 0.151. The fourth-order valence-electron chi connectivity index (χ4n) is 7.48. The van der Waals surface area contributed by atoms with Crippen molar-refractivity contribution in [1.82, 2.24) is 0 Å². The number of allylic oxidation sites excluding steroid dienone is 4. The molecule has 0 bridgehead atoms. The highest BCUT2D eigenvalue weighted by Crippen LogP contribution is 2.24. The molecular weight excluding hydrogens is 801 g/mol. The van der Waals surface area contributed by atoms with Gasteiger partial charge in [0.25, 0.3) is 10.1 Å². The van der Waals surface area contributed by atoms with Crippen LogP contribution in [-0.2, 0) is 38.7 Å². The summed E-state index contributed by atoms with van der Waals surface area (Å²) in [5, 5.41) is 30.9. The van der Waals surface area contributed by atoms with Crippen LogP contribution in [0.5, 0.6) is 0 Å². The second-order valence-electron chi connectivity index (χ2n) is 17.1. The summed E-state index contributed by atoms with van der Waals surface area (Å²) >= 11 is 0. The molecule has 0 aliphatic carbocycles. The Morgan fingerprint density at radius 1 is 0.557 bits per heavy atom. The van der Waals surface area contributed by atoms with E-state index in [1.807, 2.05) is 0 Å². The van der Waals surface area contributed by atoms with Gasteiger partial charge in [0.05, 0.1) is 6.61 Å². The Morgan fingerprint density at radius 2 is 1.02 bits per heavy atom. The lowest BCUT2D eigenvalue weighted by Gasteiger charge is -2.40. The Kier molecular flexibility index (Phi) is 36.1. The van der Waals surface area contributed by atoms with E-state index in [-0.39, 0.29) is 19.4 Å². The molecule has 61 heavy (non-hydrogen) atoms. The van der Waals surface area contributed by atoms with Crippen LogP contribution in [0.3, 0.4) is 0 Å². The first-order valence-corrected chi connectivity index (χ1v) is 26.0. The number of hydrogen-bond donors (Lipinski definition) is 4. The molecule has 1 saturated heterocycles. The molecule has 6 atom stereocenters. The lowest BCUT2D eigenvalue weighted by Crippen LogP contribution is -2.60. The fourth-order valence-corrected chi connectivity index (χ4v) is 8.17. The largest absolute Gasteiger partial charge is 0.462 e. The van der Waals surface area contributed by atoms with Crippen LogP contribution in [0.1, 0.15) is 213 Å². The first kappa shape index (κ1) is 57.1. The Morgan fingerprint density at radius 3 is 1.51 bits per heavy atom. The molecule has 0 spiro atoms. The van der Waals surface area contributed by atoms with Crippen molar-refractivity contribution in [1.29, 1.82) is 0 Å². The topological polar surface area (TPSA) is 186 Å². The minimum atomic E-state index is -4.60. The summed E-state index contributed by atoms with van der Waals surface area (Å²) in [5.41, 5.74) is 0. The molecule has 6 unspecified atom stereocenters. The number of aliphatic hydroxyl groups excluding tert-OH is 3. The Labute approximate surface area is 370 Å². The highest BCUT2D eigenvalue weighted by molar-refractivity contribution is 7.85. The van der Waals surface area contributed by atoms with Crippen LogP contribution < -0.4 is 0 Å². The van der Waals surface area contributed by atoms with Gasteiger partial charge in [-0.3, -0.25) is 14.1 Å². The van der Waals surface area contributed by atoms with Crippen LogP contribution in [0.15, 0.2) is 24.3 Å². The van der Waals surface area contributed by atoms with Crippen molar-refractivity contribution in [3.05, 3.63) is 24.3 Å². The van der Waals surface area contributed by atoms with Crippen LogP contribution in [0, 0.1) is 0 Å². The molecule has 0 aromatic rings. The highest BCUT2D eigenvalue weighted by Gasteiger charge is 2.46. The lowest BCUT2D eigenvalue weighted by molar-refractivity contribution is -0.297. The molecule has 4 N–H and O–H groups in total. The molecule has 13 heteroatoms. The van der Waals surface area contributed by atoms with E-state index < -0.39 is 71.2 Å². The maximum absolute atomic E-state index is 12.8. The van der Waals surface area contributed by atoms with Gasteiger partial charge in [-0.2, -0.15) is 8.42 Å². The van der Waals surface area contributed by atoms with Gasteiger partial charge in [-0.25, -0.2) is 0 Å². The summed E-state index contributed by atoms with van der Waals surface area (Å²) < 4.78 is 54.1. The average molecular weight is 889 g/mol. The van der Waals surface area contributed by atoms with E-state index in [4.69, 9.17) is 18.9 Å².